The van der Waals surface area contributed by atoms with Crippen molar-refractivity contribution < 1.29 is 4.39 Å². The van der Waals surface area contributed by atoms with Crippen molar-refractivity contribution >= 4 is 15.9 Å². The SMILES string of the molecule is CCc1nn(C)c(CC(NN)c2ccncc2F)c1Br. The van der Waals surface area contributed by atoms with Crippen LogP contribution in [0.15, 0.2) is 22.9 Å². The van der Waals surface area contributed by atoms with Crippen LogP contribution in [0.2, 0.25) is 0 Å². The summed E-state index contributed by atoms with van der Waals surface area (Å²) in [6.45, 7) is 2.04. The van der Waals surface area contributed by atoms with E-state index in [4.69, 9.17) is 5.84 Å². The zero-order chi connectivity index (χ0) is 14.7. The summed E-state index contributed by atoms with van der Waals surface area (Å²) in [4.78, 5) is 3.75. The first-order valence-electron chi connectivity index (χ1n) is 6.34. The van der Waals surface area contributed by atoms with Crippen LogP contribution >= 0.6 is 15.9 Å². The Labute approximate surface area is 125 Å². The van der Waals surface area contributed by atoms with E-state index in [1.54, 1.807) is 16.9 Å². The maximum absolute atomic E-state index is 13.8. The van der Waals surface area contributed by atoms with Crippen molar-refractivity contribution in [3.05, 3.63) is 45.7 Å². The molecule has 0 aliphatic heterocycles. The third kappa shape index (κ3) is 2.89. The van der Waals surface area contributed by atoms with Gasteiger partial charge >= 0.3 is 0 Å². The number of aryl methyl sites for hydroxylation is 2. The zero-order valence-electron chi connectivity index (χ0n) is 11.4. The van der Waals surface area contributed by atoms with Crippen molar-refractivity contribution in [1.82, 2.24) is 20.2 Å². The Morgan fingerprint density at radius 3 is 2.85 bits per heavy atom. The molecule has 2 rings (SSSR count). The second-order valence-corrected chi connectivity index (χ2v) is 5.30. The monoisotopic (exact) mass is 341 g/mol. The number of pyridine rings is 1. The molecule has 2 aromatic heterocycles. The number of nitrogens with two attached hydrogens (primary N) is 1. The lowest BCUT2D eigenvalue weighted by Gasteiger charge is -2.17. The fraction of sp³-hybridized carbons (Fsp3) is 0.385. The van der Waals surface area contributed by atoms with Crippen LogP contribution in [0.5, 0.6) is 0 Å². The average molecular weight is 342 g/mol. The van der Waals surface area contributed by atoms with E-state index in [0.29, 0.717) is 12.0 Å². The van der Waals surface area contributed by atoms with Crippen molar-refractivity contribution in [3.8, 4) is 0 Å². The van der Waals surface area contributed by atoms with Crippen molar-refractivity contribution in [2.24, 2.45) is 12.9 Å². The van der Waals surface area contributed by atoms with Crippen LogP contribution in [0.1, 0.15) is 29.9 Å². The maximum atomic E-state index is 13.8. The normalized spacial score (nSPS) is 12.7. The van der Waals surface area contributed by atoms with Crippen LogP contribution < -0.4 is 11.3 Å². The summed E-state index contributed by atoms with van der Waals surface area (Å²) in [5, 5.41) is 4.43. The first-order chi connectivity index (χ1) is 9.58. The van der Waals surface area contributed by atoms with E-state index in [1.807, 2.05) is 14.0 Å². The molecule has 7 heteroatoms. The summed E-state index contributed by atoms with van der Waals surface area (Å²) in [5.41, 5.74) is 5.11. The Hall–Kier alpha value is -1.31. The fourth-order valence-corrected chi connectivity index (χ4v) is 2.94. The number of hydrogen-bond donors (Lipinski definition) is 2. The molecule has 5 nitrogen and oxygen atoms in total. The summed E-state index contributed by atoms with van der Waals surface area (Å²) in [6, 6.07) is 1.29. The minimum Gasteiger partial charge on any atom is -0.271 e. The first kappa shape index (κ1) is 15.1. The summed E-state index contributed by atoms with van der Waals surface area (Å²) < 4.78 is 16.6. The Morgan fingerprint density at radius 2 is 2.30 bits per heavy atom. The number of nitrogens with one attached hydrogen (secondary N) is 1. The van der Waals surface area contributed by atoms with Gasteiger partial charge in [0.25, 0.3) is 0 Å². The van der Waals surface area contributed by atoms with Crippen LogP contribution in [0, 0.1) is 5.82 Å². The molecule has 0 radical (unpaired) electrons. The topological polar surface area (TPSA) is 68.8 Å². The van der Waals surface area contributed by atoms with Crippen molar-refractivity contribution in [1.29, 1.82) is 0 Å². The summed E-state index contributed by atoms with van der Waals surface area (Å²) >= 11 is 3.55. The Morgan fingerprint density at radius 1 is 1.55 bits per heavy atom. The molecule has 2 aromatic rings. The molecule has 0 amide bonds. The van der Waals surface area contributed by atoms with E-state index in [9.17, 15) is 4.39 Å². The first-order valence-corrected chi connectivity index (χ1v) is 7.13. The molecule has 0 saturated heterocycles. The Balaban J connectivity index is 2.32. The highest BCUT2D eigenvalue weighted by Gasteiger charge is 2.20. The Bertz CT molecular complexity index is 598. The molecule has 0 aliphatic rings. The van der Waals surface area contributed by atoms with Crippen LogP contribution in [0.3, 0.4) is 0 Å². The minimum atomic E-state index is -0.371. The quantitative estimate of drug-likeness (QED) is 0.644. The third-order valence-electron chi connectivity index (χ3n) is 3.28. The molecule has 1 atom stereocenters. The lowest BCUT2D eigenvalue weighted by atomic mass is 10.0. The van der Waals surface area contributed by atoms with Crippen molar-refractivity contribution in [3.63, 3.8) is 0 Å². The number of hydrogen-bond acceptors (Lipinski definition) is 4. The maximum Gasteiger partial charge on any atom is 0.146 e. The molecule has 1 unspecified atom stereocenters. The van der Waals surface area contributed by atoms with Gasteiger partial charge in [-0.05, 0) is 28.4 Å². The van der Waals surface area contributed by atoms with Crippen molar-refractivity contribution in [2.45, 2.75) is 25.8 Å². The highest BCUT2D eigenvalue weighted by molar-refractivity contribution is 9.10. The van der Waals surface area contributed by atoms with Gasteiger partial charge < -0.3 is 0 Å². The van der Waals surface area contributed by atoms with Gasteiger partial charge in [-0.3, -0.25) is 20.9 Å². The zero-order valence-corrected chi connectivity index (χ0v) is 13.0. The highest BCUT2D eigenvalue weighted by Crippen LogP contribution is 2.27. The van der Waals surface area contributed by atoms with E-state index in [1.165, 1.54) is 6.20 Å². The van der Waals surface area contributed by atoms with Gasteiger partial charge in [-0.2, -0.15) is 5.10 Å². The molecule has 0 fully saturated rings. The molecular formula is C13H17BrFN5. The van der Waals surface area contributed by atoms with Gasteiger partial charge in [0.2, 0.25) is 0 Å². The molecule has 0 bridgehead atoms. The number of aromatic nitrogens is 3. The predicted octanol–water partition coefficient (Wildman–Crippen LogP) is 2.03. The van der Waals surface area contributed by atoms with Gasteiger partial charge in [0.05, 0.1) is 28.1 Å². The molecular weight excluding hydrogens is 325 g/mol. The predicted molar refractivity (Wildman–Crippen MR) is 78.2 cm³/mol. The average Bonchev–Trinajstić information content (AvgIpc) is 2.72. The van der Waals surface area contributed by atoms with E-state index in [-0.39, 0.29) is 11.9 Å². The largest absolute Gasteiger partial charge is 0.271 e. The molecule has 20 heavy (non-hydrogen) atoms. The number of hydrazine groups is 1. The molecule has 2 heterocycles. The lowest BCUT2D eigenvalue weighted by Crippen LogP contribution is -2.31. The van der Waals surface area contributed by atoms with Gasteiger partial charge in [-0.25, -0.2) is 4.39 Å². The summed E-state index contributed by atoms with van der Waals surface area (Å²) in [5.74, 6) is 5.21. The molecule has 108 valence electrons. The van der Waals surface area contributed by atoms with Crippen LogP contribution in [-0.4, -0.2) is 14.8 Å². The van der Waals surface area contributed by atoms with Crippen LogP contribution in [0.25, 0.3) is 0 Å². The molecule has 3 N–H and O–H groups in total. The van der Waals surface area contributed by atoms with Crippen molar-refractivity contribution in [2.75, 3.05) is 0 Å². The fourth-order valence-electron chi connectivity index (χ4n) is 2.16. The molecule has 0 saturated carbocycles. The third-order valence-corrected chi connectivity index (χ3v) is 4.20. The minimum absolute atomic E-state index is 0.339. The second kappa shape index (κ2) is 6.43. The number of halogens is 2. The van der Waals surface area contributed by atoms with Gasteiger partial charge in [-0.1, -0.05) is 6.92 Å². The standard InChI is InChI=1S/C13H17BrFN5/c1-3-10-13(14)12(20(2)19-10)6-11(18-16)8-4-5-17-7-9(8)15/h4-5,7,11,18H,3,6,16H2,1-2H3. The van der Waals surface area contributed by atoms with Gasteiger partial charge in [0, 0.05) is 25.2 Å². The number of nitrogens with zero attached hydrogens (tertiary/aromatic N) is 3. The van der Waals surface area contributed by atoms with Gasteiger partial charge in [-0.15, -0.1) is 0 Å². The lowest BCUT2D eigenvalue weighted by molar-refractivity contribution is 0.494. The van der Waals surface area contributed by atoms with E-state index in [0.717, 1.165) is 22.3 Å². The molecule has 0 spiro atoms. The summed E-state index contributed by atoms with van der Waals surface area (Å²) in [7, 11) is 1.87. The smallest absolute Gasteiger partial charge is 0.146 e. The number of rotatable bonds is 5. The Kier molecular flexibility index (Phi) is 4.85. The van der Waals surface area contributed by atoms with E-state index >= 15 is 0 Å². The van der Waals surface area contributed by atoms with Gasteiger partial charge in [0.1, 0.15) is 5.82 Å². The van der Waals surface area contributed by atoms with E-state index < -0.39 is 0 Å². The molecule has 0 aromatic carbocycles. The van der Waals surface area contributed by atoms with Crippen LogP contribution in [0.4, 0.5) is 4.39 Å². The second-order valence-electron chi connectivity index (χ2n) is 4.51. The molecule has 0 aliphatic carbocycles. The van der Waals surface area contributed by atoms with Gasteiger partial charge in [0.15, 0.2) is 0 Å². The highest BCUT2D eigenvalue weighted by atomic mass is 79.9. The van der Waals surface area contributed by atoms with Crippen LogP contribution in [-0.2, 0) is 19.9 Å². The summed E-state index contributed by atoms with van der Waals surface area (Å²) in [6.07, 6.45) is 4.11. The van der Waals surface area contributed by atoms with E-state index in [2.05, 4.69) is 31.4 Å².